The summed E-state index contributed by atoms with van der Waals surface area (Å²) in [5.41, 5.74) is 1.32. The van der Waals surface area contributed by atoms with Gasteiger partial charge >= 0.3 is 5.97 Å². The Hall–Kier alpha value is -1.99. The molecule has 0 aliphatic heterocycles. The summed E-state index contributed by atoms with van der Waals surface area (Å²) >= 11 is 7.00. The first kappa shape index (κ1) is 17.4. The van der Waals surface area contributed by atoms with Crippen LogP contribution >= 0.6 is 24.0 Å². The minimum Gasteiger partial charge on any atom is -0.468 e. The summed E-state index contributed by atoms with van der Waals surface area (Å²) in [6, 6.07) is 10.8. The molecule has 1 heterocycles. The zero-order chi connectivity index (χ0) is 16.5. The van der Waals surface area contributed by atoms with Gasteiger partial charge in [-0.1, -0.05) is 0 Å². The number of benzene rings is 1. The Morgan fingerprint density at radius 3 is 2.74 bits per heavy atom. The van der Waals surface area contributed by atoms with Crippen molar-refractivity contribution in [3.8, 4) is 0 Å². The Morgan fingerprint density at radius 2 is 2.09 bits per heavy atom. The van der Waals surface area contributed by atoms with E-state index in [0.29, 0.717) is 10.7 Å². The number of carbonyl (C=O) groups is 1. The number of thiocarbonyl (C=S) groups is 1. The number of anilines is 1. The largest absolute Gasteiger partial charge is 0.468 e. The van der Waals surface area contributed by atoms with E-state index in [0.717, 1.165) is 29.5 Å². The smallest absolute Gasteiger partial charge is 0.337 e. The highest BCUT2D eigenvalue weighted by atomic mass is 32.2. The third kappa shape index (κ3) is 5.96. The van der Waals surface area contributed by atoms with Crippen molar-refractivity contribution >= 4 is 40.7 Å². The SMILES string of the molecule is COC(=O)c1ccc(NC(=S)NCCSCc2ccco2)cc1. The number of carbonyl (C=O) groups excluding carboxylic acids is 1. The van der Waals surface area contributed by atoms with Crippen molar-refractivity contribution in [2.24, 2.45) is 0 Å². The van der Waals surface area contributed by atoms with Crippen LogP contribution in [-0.4, -0.2) is 30.5 Å². The van der Waals surface area contributed by atoms with E-state index >= 15 is 0 Å². The highest BCUT2D eigenvalue weighted by molar-refractivity contribution is 7.98. The molecule has 2 rings (SSSR count). The fourth-order valence-corrected chi connectivity index (χ4v) is 2.76. The maximum absolute atomic E-state index is 11.3. The Balaban J connectivity index is 1.65. The van der Waals surface area contributed by atoms with Crippen LogP contribution in [-0.2, 0) is 10.5 Å². The Kier molecular flexibility index (Phi) is 6.96. The van der Waals surface area contributed by atoms with Gasteiger partial charge in [0.1, 0.15) is 5.76 Å². The topological polar surface area (TPSA) is 63.5 Å². The van der Waals surface area contributed by atoms with E-state index in [9.17, 15) is 4.79 Å². The van der Waals surface area contributed by atoms with E-state index in [1.54, 1.807) is 42.3 Å². The standard InChI is InChI=1S/C16H18N2O3S2/c1-20-15(19)12-4-6-13(7-5-12)18-16(22)17-8-10-23-11-14-3-2-9-21-14/h2-7,9H,8,10-11H2,1H3,(H2,17,18,22). The number of thioether (sulfide) groups is 1. The number of hydrogen-bond donors (Lipinski definition) is 2. The first-order valence-corrected chi connectivity index (χ1v) is 8.58. The van der Waals surface area contributed by atoms with Crippen LogP contribution in [0.5, 0.6) is 0 Å². The zero-order valence-corrected chi connectivity index (χ0v) is 14.3. The summed E-state index contributed by atoms with van der Waals surface area (Å²) < 4.78 is 9.92. The molecule has 0 atom stereocenters. The van der Waals surface area contributed by atoms with Gasteiger partial charge in [-0.25, -0.2) is 4.79 Å². The van der Waals surface area contributed by atoms with Gasteiger partial charge in [0.25, 0.3) is 0 Å². The number of nitrogens with one attached hydrogen (secondary N) is 2. The van der Waals surface area contributed by atoms with Gasteiger partial charge in [-0.2, -0.15) is 11.8 Å². The lowest BCUT2D eigenvalue weighted by Crippen LogP contribution is -2.30. The molecule has 0 saturated heterocycles. The second kappa shape index (κ2) is 9.22. The molecule has 23 heavy (non-hydrogen) atoms. The summed E-state index contributed by atoms with van der Waals surface area (Å²) in [5.74, 6) is 2.39. The molecule has 2 N–H and O–H groups in total. The average Bonchev–Trinajstić information content (AvgIpc) is 3.08. The number of esters is 1. The van der Waals surface area contributed by atoms with E-state index in [1.165, 1.54) is 7.11 Å². The highest BCUT2D eigenvalue weighted by Crippen LogP contribution is 2.12. The van der Waals surface area contributed by atoms with Gasteiger partial charge in [-0.15, -0.1) is 0 Å². The molecular weight excluding hydrogens is 332 g/mol. The Labute approximate surface area is 144 Å². The molecule has 0 saturated carbocycles. The van der Waals surface area contributed by atoms with Crippen LogP contribution in [0.4, 0.5) is 5.69 Å². The van der Waals surface area contributed by atoms with E-state index < -0.39 is 0 Å². The molecular formula is C16H18N2O3S2. The lowest BCUT2D eigenvalue weighted by molar-refractivity contribution is 0.0601. The van der Waals surface area contributed by atoms with Crippen LogP contribution in [0.1, 0.15) is 16.1 Å². The second-order valence-corrected chi connectivity index (χ2v) is 6.10. The predicted molar refractivity (Wildman–Crippen MR) is 96.9 cm³/mol. The fourth-order valence-electron chi connectivity index (χ4n) is 1.79. The van der Waals surface area contributed by atoms with Crippen molar-refractivity contribution in [1.82, 2.24) is 5.32 Å². The molecule has 0 fully saturated rings. The molecule has 0 unspecified atom stereocenters. The van der Waals surface area contributed by atoms with Gasteiger partial charge < -0.3 is 19.8 Å². The molecule has 0 radical (unpaired) electrons. The van der Waals surface area contributed by atoms with Crippen LogP contribution in [0, 0.1) is 0 Å². The lowest BCUT2D eigenvalue weighted by atomic mass is 10.2. The maximum atomic E-state index is 11.3. The molecule has 0 spiro atoms. The van der Waals surface area contributed by atoms with Crippen molar-refractivity contribution in [2.75, 3.05) is 24.7 Å². The van der Waals surface area contributed by atoms with Crippen LogP contribution in [0.15, 0.2) is 47.1 Å². The summed E-state index contributed by atoms with van der Waals surface area (Å²) in [6.45, 7) is 0.761. The average molecular weight is 350 g/mol. The fraction of sp³-hybridized carbons (Fsp3) is 0.250. The van der Waals surface area contributed by atoms with Crippen LogP contribution in [0.25, 0.3) is 0 Å². The van der Waals surface area contributed by atoms with Crippen molar-refractivity contribution in [1.29, 1.82) is 0 Å². The molecule has 0 bridgehead atoms. The third-order valence-corrected chi connectivity index (χ3v) is 4.15. The van der Waals surface area contributed by atoms with E-state index in [4.69, 9.17) is 16.6 Å². The summed E-state index contributed by atoms with van der Waals surface area (Å²) in [5, 5.41) is 6.76. The predicted octanol–water partition coefficient (Wildman–Crippen LogP) is 3.29. The number of methoxy groups -OCH3 is 1. The van der Waals surface area contributed by atoms with Gasteiger partial charge in [-0.05, 0) is 48.6 Å². The third-order valence-electron chi connectivity index (χ3n) is 2.92. The molecule has 5 nitrogen and oxygen atoms in total. The van der Waals surface area contributed by atoms with Crippen LogP contribution < -0.4 is 10.6 Å². The monoisotopic (exact) mass is 350 g/mol. The number of rotatable bonds is 7. The molecule has 1 aromatic carbocycles. The molecule has 0 amide bonds. The quantitative estimate of drug-likeness (QED) is 0.451. The number of ether oxygens (including phenoxy) is 1. The minimum atomic E-state index is -0.356. The van der Waals surface area contributed by atoms with E-state index in [2.05, 4.69) is 15.4 Å². The van der Waals surface area contributed by atoms with Gasteiger partial charge in [0, 0.05) is 18.0 Å². The highest BCUT2D eigenvalue weighted by Gasteiger charge is 2.04. The summed E-state index contributed by atoms with van der Waals surface area (Å²) in [4.78, 5) is 11.3. The van der Waals surface area contributed by atoms with E-state index in [-0.39, 0.29) is 5.97 Å². The Morgan fingerprint density at radius 1 is 1.30 bits per heavy atom. The van der Waals surface area contributed by atoms with E-state index in [1.807, 2.05) is 12.1 Å². The molecule has 0 aliphatic carbocycles. The summed E-state index contributed by atoms with van der Waals surface area (Å²) in [7, 11) is 1.36. The Bertz CT molecular complexity index is 627. The normalized spacial score (nSPS) is 10.1. The van der Waals surface area contributed by atoms with Crippen molar-refractivity contribution in [3.63, 3.8) is 0 Å². The van der Waals surface area contributed by atoms with Gasteiger partial charge in [0.05, 0.1) is 24.7 Å². The first-order valence-electron chi connectivity index (χ1n) is 7.02. The van der Waals surface area contributed by atoms with Crippen LogP contribution in [0.3, 0.4) is 0 Å². The second-order valence-electron chi connectivity index (χ2n) is 4.58. The minimum absolute atomic E-state index is 0.356. The van der Waals surface area contributed by atoms with Crippen molar-refractivity contribution < 1.29 is 13.9 Å². The van der Waals surface area contributed by atoms with Gasteiger partial charge in [-0.3, -0.25) is 0 Å². The molecule has 122 valence electrons. The zero-order valence-electron chi connectivity index (χ0n) is 12.7. The first-order chi connectivity index (χ1) is 11.2. The number of furan rings is 1. The van der Waals surface area contributed by atoms with Crippen molar-refractivity contribution in [3.05, 3.63) is 54.0 Å². The molecule has 2 aromatic rings. The number of hydrogen-bond acceptors (Lipinski definition) is 5. The molecule has 7 heteroatoms. The van der Waals surface area contributed by atoms with Gasteiger partial charge in [0.2, 0.25) is 0 Å². The maximum Gasteiger partial charge on any atom is 0.337 e. The summed E-state index contributed by atoms with van der Waals surface area (Å²) in [6.07, 6.45) is 1.68. The van der Waals surface area contributed by atoms with Gasteiger partial charge in [0.15, 0.2) is 5.11 Å². The van der Waals surface area contributed by atoms with Crippen molar-refractivity contribution in [2.45, 2.75) is 5.75 Å². The van der Waals surface area contributed by atoms with Crippen LogP contribution in [0.2, 0.25) is 0 Å². The molecule has 1 aromatic heterocycles. The molecule has 0 aliphatic rings. The lowest BCUT2D eigenvalue weighted by Gasteiger charge is -2.10.